The summed E-state index contributed by atoms with van der Waals surface area (Å²) >= 11 is 0. The number of nitrogens with zero attached hydrogens (tertiary/aromatic N) is 3. The molecule has 3 rings (SSSR count). The van der Waals surface area contributed by atoms with Crippen LogP contribution >= 0.6 is 0 Å². The number of hydrogen-bond acceptors (Lipinski definition) is 5. The van der Waals surface area contributed by atoms with Crippen LogP contribution in [0.15, 0.2) is 58.7 Å². The molecule has 30 heavy (non-hydrogen) atoms. The van der Waals surface area contributed by atoms with Gasteiger partial charge < -0.3 is 10.3 Å². The summed E-state index contributed by atoms with van der Waals surface area (Å²) in [4.78, 5) is 12.2. The van der Waals surface area contributed by atoms with E-state index >= 15 is 0 Å². The topological polar surface area (TPSA) is 77.5 Å². The highest BCUT2D eigenvalue weighted by atomic mass is 15.3. The van der Waals surface area contributed by atoms with Gasteiger partial charge in [0.25, 0.3) is 0 Å². The summed E-state index contributed by atoms with van der Waals surface area (Å²) in [5.41, 5.74) is 9.77. The van der Waals surface area contributed by atoms with Gasteiger partial charge >= 0.3 is 0 Å². The summed E-state index contributed by atoms with van der Waals surface area (Å²) in [6.07, 6.45) is 10.2. The Hall–Kier alpha value is -3.15. The second-order valence-electron chi connectivity index (χ2n) is 8.12. The largest absolute Gasteiger partial charge is 0.386 e. The van der Waals surface area contributed by atoms with E-state index in [1.54, 1.807) is 0 Å². The molecular weight excluding hydrogens is 372 g/mol. The van der Waals surface area contributed by atoms with Gasteiger partial charge in [-0.2, -0.15) is 5.10 Å². The number of aromatic nitrogens is 2. The maximum atomic E-state index is 4.62. The fourth-order valence-corrected chi connectivity index (χ4v) is 3.94. The van der Waals surface area contributed by atoms with E-state index in [-0.39, 0.29) is 0 Å². The first-order valence-corrected chi connectivity index (χ1v) is 10.4. The van der Waals surface area contributed by atoms with Crippen molar-refractivity contribution in [1.82, 2.24) is 20.7 Å². The minimum atomic E-state index is 0.418. The molecule has 6 nitrogen and oxygen atoms in total. The van der Waals surface area contributed by atoms with Crippen LogP contribution in [-0.4, -0.2) is 28.9 Å². The fraction of sp³-hybridized carbons (Fsp3) is 0.375. The summed E-state index contributed by atoms with van der Waals surface area (Å²) in [6, 6.07) is 2.52. The molecule has 1 saturated carbocycles. The van der Waals surface area contributed by atoms with Crippen LogP contribution in [0.2, 0.25) is 0 Å². The number of pyridine rings is 1. The molecule has 0 unspecified atom stereocenters. The standard InChI is InChI=1S/C24H32N6/c1-15-10-22-23(14-28-24(22)27-12-15)19(5)26-13-16(2)17(3)29-21-9-7-8-20(11-21)18(4)30-25-6/h10,12-14,20-21,29-30H,4-9,11H2,1-3H3,(H,27,28)/b17-16+,26-13-/t20-,21+/m1/s1. The minimum Gasteiger partial charge on any atom is -0.386 e. The van der Waals surface area contributed by atoms with Crippen LogP contribution in [0.1, 0.15) is 50.7 Å². The van der Waals surface area contributed by atoms with E-state index in [9.17, 15) is 0 Å². The molecule has 0 saturated heterocycles. The van der Waals surface area contributed by atoms with Gasteiger partial charge in [-0.05, 0) is 57.2 Å². The van der Waals surface area contributed by atoms with Crippen LogP contribution in [0.25, 0.3) is 16.7 Å². The van der Waals surface area contributed by atoms with Crippen molar-refractivity contribution in [2.75, 3.05) is 0 Å². The molecule has 2 aromatic heterocycles. The molecule has 1 aliphatic carbocycles. The lowest BCUT2D eigenvalue weighted by Crippen LogP contribution is -2.35. The third-order valence-electron chi connectivity index (χ3n) is 5.79. The molecule has 1 aliphatic rings. The third-order valence-corrected chi connectivity index (χ3v) is 5.79. The summed E-state index contributed by atoms with van der Waals surface area (Å²) in [5.74, 6) is 0.419. The van der Waals surface area contributed by atoms with Crippen molar-refractivity contribution in [3.8, 4) is 0 Å². The van der Waals surface area contributed by atoms with Gasteiger partial charge in [0.2, 0.25) is 0 Å². The van der Waals surface area contributed by atoms with Crippen molar-refractivity contribution in [1.29, 1.82) is 0 Å². The predicted octanol–water partition coefficient (Wildman–Crippen LogP) is 5.07. The van der Waals surface area contributed by atoms with Gasteiger partial charge in [-0.1, -0.05) is 19.6 Å². The van der Waals surface area contributed by atoms with Gasteiger partial charge in [0.05, 0.1) is 5.70 Å². The molecule has 0 spiro atoms. The van der Waals surface area contributed by atoms with Crippen LogP contribution in [0.5, 0.6) is 0 Å². The van der Waals surface area contributed by atoms with Crippen molar-refractivity contribution >= 4 is 29.7 Å². The number of aryl methyl sites for hydroxylation is 1. The number of aliphatic imine (C=N–C) groups is 1. The molecule has 0 radical (unpaired) electrons. The number of hydrogen-bond donors (Lipinski definition) is 3. The minimum absolute atomic E-state index is 0.418. The second-order valence-corrected chi connectivity index (χ2v) is 8.12. The molecule has 2 aromatic rings. The highest BCUT2D eigenvalue weighted by molar-refractivity contribution is 5.93. The highest BCUT2D eigenvalue weighted by Crippen LogP contribution is 2.29. The Bertz CT molecular complexity index is 1010. The van der Waals surface area contributed by atoms with Crippen molar-refractivity contribution < 1.29 is 0 Å². The van der Waals surface area contributed by atoms with Crippen molar-refractivity contribution in [2.24, 2.45) is 16.0 Å². The maximum Gasteiger partial charge on any atom is 0.137 e. The molecule has 0 bridgehead atoms. The lowest BCUT2D eigenvalue weighted by molar-refractivity contribution is 0.320. The summed E-state index contributed by atoms with van der Waals surface area (Å²) in [7, 11) is 0. The molecule has 0 aliphatic heterocycles. The average molecular weight is 405 g/mol. The molecular formula is C24H32N6. The molecule has 6 heteroatoms. The first kappa shape index (κ1) is 21.6. The normalized spacial score (nSPS) is 20.1. The van der Waals surface area contributed by atoms with Crippen LogP contribution < -0.4 is 10.7 Å². The van der Waals surface area contributed by atoms with E-state index < -0.39 is 0 Å². The predicted molar refractivity (Wildman–Crippen MR) is 127 cm³/mol. The third kappa shape index (κ3) is 5.06. The lowest BCUT2D eigenvalue weighted by Gasteiger charge is -2.31. The van der Waals surface area contributed by atoms with Gasteiger partial charge in [-0.15, -0.1) is 0 Å². The summed E-state index contributed by atoms with van der Waals surface area (Å²) in [5, 5.41) is 8.46. The number of rotatable bonds is 8. The number of aromatic amines is 1. The Balaban J connectivity index is 1.65. The van der Waals surface area contributed by atoms with Gasteiger partial charge in [-0.25, -0.2) is 4.98 Å². The number of H-pyrrole nitrogens is 1. The van der Waals surface area contributed by atoms with Crippen LogP contribution in [0, 0.1) is 12.8 Å². The smallest absolute Gasteiger partial charge is 0.137 e. The zero-order valence-corrected chi connectivity index (χ0v) is 18.3. The first-order valence-electron chi connectivity index (χ1n) is 10.4. The zero-order chi connectivity index (χ0) is 21.7. The van der Waals surface area contributed by atoms with E-state index in [1.807, 2.05) is 25.5 Å². The van der Waals surface area contributed by atoms with E-state index in [2.05, 4.69) is 70.6 Å². The Morgan fingerprint density at radius 2 is 2.10 bits per heavy atom. The van der Waals surface area contributed by atoms with Gasteiger partial charge in [0, 0.05) is 59.6 Å². The van der Waals surface area contributed by atoms with Gasteiger partial charge in [-0.3, -0.25) is 10.4 Å². The monoisotopic (exact) mass is 404 g/mol. The van der Waals surface area contributed by atoms with E-state index in [4.69, 9.17) is 0 Å². The van der Waals surface area contributed by atoms with E-state index in [1.165, 1.54) is 6.42 Å². The number of nitrogens with one attached hydrogen (secondary N) is 3. The second kappa shape index (κ2) is 9.57. The molecule has 0 aromatic carbocycles. The SMILES string of the molecule is C=NNC(=C)[C@@H]1CCC[C@H](N/C(C)=C(C)/C=N\C(=C)c2c[nH]c3ncc(C)cc23)C1. The molecule has 0 amide bonds. The van der Waals surface area contributed by atoms with Crippen molar-refractivity contribution in [3.63, 3.8) is 0 Å². The Labute approximate surface area is 179 Å². The fourth-order valence-electron chi connectivity index (χ4n) is 3.94. The summed E-state index contributed by atoms with van der Waals surface area (Å²) in [6.45, 7) is 17.9. The zero-order valence-electron chi connectivity index (χ0n) is 18.3. The Morgan fingerprint density at radius 1 is 1.30 bits per heavy atom. The van der Waals surface area contributed by atoms with Gasteiger partial charge in [0.1, 0.15) is 5.65 Å². The molecule has 3 N–H and O–H groups in total. The Kier molecular flexibility index (Phi) is 6.87. The van der Waals surface area contributed by atoms with Crippen molar-refractivity contribution in [2.45, 2.75) is 52.5 Å². The van der Waals surface area contributed by atoms with Crippen LogP contribution in [-0.2, 0) is 0 Å². The lowest BCUT2D eigenvalue weighted by atomic mass is 9.84. The summed E-state index contributed by atoms with van der Waals surface area (Å²) < 4.78 is 0. The number of hydrazone groups is 1. The molecule has 2 atom stereocenters. The quantitative estimate of drug-likeness (QED) is 0.424. The van der Waals surface area contributed by atoms with E-state index in [0.717, 1.165) is 64.1 Å². The number of fused-ring (bicyclic) bond motifs is 1. The number of allylic oxidation sites excluding steroid dienone is 3. The Morgan fingerprint density at radius 3 is 2.87 bits per heavy atom. The maximum absolute atomic E-state index is 4.62. The average Bonchev–Trinajstić information content (AvgIpc) is 3.15. The molecule has 1 fully saturated rings. The first-order chi connectivity index (χ1) is 14.4. The highest BCUT2D eigenvalue weighted by Gasteiger charge is 2.24. The van der Waals surface area contributed by atoms with E-state index in [0.29, 0.717) is 12.0 Å². The molecule has 2 heterocycles. The van der Waals surface area contributed by atoms with Crippen LogP contribution in [0.3, 0.4) is 0 Å². The van der Waals surface area contributed by atoms with Crippen LogP contribution in [0.4, 0.5) is 0 Å². The van der Waals surface area contributed by atoms with Crippen molar-refractivity contribution in [3.05, 3.63) is 59.7 Å². The van der Waals surface area contributed by atoms with Gasteiger partial charge in [0.15, 0.2) is 0 Å². The molecule has 158 valence electrons.